The molecule has 0 saturated carbocycles. The molecule has 3 heteroatoms. The van der Waals surface area contributed by atoms with E-state index in [1.54, 1.807) is 24.3 Å². The molecule has 0 amide bonds. The van der Waals surface area contributed by atoms with E-state index < -0.39 is 20.7 Å². The molecule has 0 atom stereocenters. The lowest BCUT2D eigenvalue weighted by molar-refractivity contribution is 0.596. The van der Waals surface area contributed by atoms with Gasteiger partial charge in [0.2, 0.25) is 9.84 Å². The highest BCUT2D eigenvalue weighted by molar-refractivity contribution is 7.91. The summed E-state index contributed by atoms with van der Waals surface area (Å²) in [7, 11) is -3.80. The molecule has 4 aliphatic rings. The molecule has 4 aliphatic carbocycles. The molecule has 0 fully saturated rings. The minimum Gasteiger partial charge on any atom is -0.219 e. The summed E-state index contributed by atoms with van der Waals surface area (Å²) in [6.07, 6.45) is 0. The molecule has 14 rings (SSSR count). The lowest BCUT2D eigenvalue weighted by Crippen LogP contribution is -2.25. The Labute approximate surface area is 378 Å². The maximum Gasteiger partial charge on any atom is 0.206 e. The SMILES string of the molecule is O=S(=O)(c1ccc(-c2ccc3c(c2)C2(c4ccccc4-c4ccccc42)c2ccccc2-3)cc1)c1ccc(-c2ccc3c(c2)C2(c4ccccc4-c4ccccc42)c2ccccc2-3)cc1. The van der Waals surface area contributed by atoms with Gasteiger partial charge in [0.05, 0.1) is 20.6 Å². The second-order valence-electron chi connectivity index (χ2n) is 17.8. The van der Waals surface area contributed by atoms with E-state index in [2.05, 4.69) is 182 Å². The number of benzene rings is 10. The molecule has 0 N–H and O–H groups in total. The van der Waals surface area contributed by atoms with Crippen molar-refractivity contribution in [1.82, 2.24) is 0 Å². The quantitative estimate of drug-likeness (QED) is 0.177. The monoisotopic (exact) mass is 846 g/mol. The Kier molecular flexibility index (Phi) is 7.38. The minimum atomic E-state index is -3.80. The lowest BCUT2D eigenvalue weighted by atomic mass is 9.70. The van der Waals surface area contributed by atoms with Crippen molar-refractivity contribution in [3.63, 3.8) is 0 Å². The van der Waals surface area contributed by atoms with E-state index in [1.165, 1.54) is 89.0 Å². The van der Waals surface area contributed by atoms with Crippen molar-refractivity contribution in [2.45, 2.75) is 20.6 Å². The second kappa shape index (κ2) is 13.1. The van der Waals surface area contributed by atoms with Gasteiger partial charge in [-0.25, -0.2) is 8.42 Å². The van der Waals surface area contributed by atoms with Crippen LogP contribution in [0.4, 0.5) is 0 Å². The number of rotatable bonds is 4. The van der Waals surface area contributed by atoms with Crippen LogP contribution in [0, 0.1) is 0 Å². The average molecular weight is 847 g/mol. The normalized spacial score (nSPS) is 14.5. The first kappa shape index (κ1) is 36.6. The first-order valence-electron chi connectivity index (χ1n) is 22.3. The van der Waals surface area contributed by atoms with Gasteiger partial charge in [0.15, 0.2) is 0 Å². The third kappa shape index (κ3) is 4.65. The van der Waals surface area contributed by atoms with E-state index in [0.717, 1.165) is 22.3 Å². The van der Waals surface area contributed by atoms with Crippen LogP contribution in [0.5, 0.6) is 0 Å². The summed E-state index contributed by atoms with van der Waals surface area (Å²) in [6.45, 7) is 0. The molecular formula is C62H38O2S. The van der Waals surface area contributed by atoms with Crippen LogP contribution in [0.3, 0.4) is 0 Å². The van der Waals surface area contributed by atoms with Crippen molar-refractivity contribution < 1.29 is 8.42 Å². The fourth-order valence-electron chi connectivity index (χ4n) is 12.3. The zero-order chi connectivity index (χ0) is 43.1. The van der Waals surface area contributed by atoms with Gasteiger partial charge in [-0.2, -0.15) is 0 Å². The Morgan fingerprint density at radius 2 is 0.462 bits per heavy atom. The summed E-state index contributed by atoms with van der Waals surface area (Å²) in [5.74, 6) is 0. The highest BCUT2D eigenvalue weighted by atomic mass is 32.2. The number of sulfone groups is 1. The topological polar surface area (TPSA) is 34.1 Å². The minimum absolute atomic E-state index is 0.272. The van der Waals surface area contributed by atoms with Gasteiger partial charge >= 0.3 is 0 Å². The standard InChI is InChI=1S/C62H38O2S/c63-65(64,43-31-25-39(26-32-43)41-29-35-51-49-17-5-11-23-57(49)61(59(51)37-41)53-19-7-1-13-45(53)46-14-2-8-20-54(46)61)44-33-27-40(28-34-44)42-30-36-52-50-18-6-12-24-58(50)62(60(52)38-42)55-21-9-3-15-47(55)48-16-4-10-22-56(48)62/h1-38H. The van der Waals surface area contributed by atoms with Gasteiger partial charge in [0.1, 0.15) is 0 Å². The zero-order valence-corrected chi connectivity index (χ0v) is 36.0. The van der Waals surface area contributed by atoms with Crippen LogP contribution in [0.25, 0.3) is 66.8 Å². The molecule has 0 bridgehead atoms. The first-order valence-corrected chi connectivity index (χ1v) is 23.8. The molecule has 10 aromatic rings. The van der Waals surface area contributed by atoms with Crippen LogP contribution < -0.4 is 0 Å². The molecule has 0 heterocycles. The lowest BCUT2D eigenvalue weighted by Gasteiger charge is -2.30. The molecular weight excluding hydrogens is 809 g/mol. The largest absolute Gasteiger partial charge is 0.219 e. The molecule has 0 unspecified atom stereocenters. The fraction of sp³-hybridized carbons (Fsp3) is 0.0323. The summed E-state index contributed by atoms with van der Waals surface area (Å²) in [5.41, 5.74) is 23.5. The van der Waals surface area contributed by atoms with Crippen LogP contribution in [-0.4, -0.2) is 8.42 Å². The van der Waals surface area contributed by atoms with Crippen LogP contribution in [-0.2, 0) is 20.7 Å². The molecule has 0 saturated heterocycles. The van der Waals surface area contributed by atoms with Gasteiger partial charge < -0.3 is 0 Å². The van der Waals surface area contributed by atoms with Crippen molar-refractivity contribution in [3.05, 3.63) is 275 Å². The Balaban J connectivity index is 0.811. The summed E-state index contributed by atoms with van der Waals surface area (Å²) < 4.78 is 28.6. The molecule has 0 aromatic heterocycles. The molecule has 65 heavy (non-hydrogen) atoms. The summed E-state index contributed by atoms with van der Waals surface area (Å²) in [5, 5.41) is 0. The van der Waals surface area contributed by atoms with Crippen LogP contribution in [0.2, 0.25) is 0 Å². The predicted molar refractivity (Wildman–Crippen MR) is 262 cm³/mol. The average Bonchev–Trinajstić information content (AvgIpc) is 4.05. The number of fused-ring (bicyclic) bond motifs is 20. The molecule has 0 aliphatic heterocycles. The van der Waals surface area contributed by atoms with Crippen LogP contribution >= 0.6 is 0 Å². The highest BCUT2D eigenvalue weighted by Gasteiger charge is 2.53. The van der Waals surface area contributed by atoms with Gasteiger partial charge in [-0.1, -0.05) is 194 Å². The van der Waals surface area contributed by atoms with E-state index in [9.17, 15) is 8.42 Å². The highest BCUT2D eigenvalue weighted by Crippen LogP contribution is 2.64. The molecule has 304 valence electrons. The number of hydrogen-bond donors (Lipinski definition) is 0. The van der Waals surface area contributed by atoms with Crippen LogP contribution in [0.15, 0.2) is 240 Å². The summed E-state index contributed by atoms with van der Waals surface area (Å²) in [6, 6.07) is 81.2. The third-order valence-electron chi connectivity index (χ3n) is 15.0. The summed E-state index contributed by atoms with van der Waals surface area (Å²) in [4.78, 5) is 0.543. The number of hydrogen-bond acceptors (Lipinski definition) is 2. The van der Waals surface area contributed by atoms with Crippen LogP contribution in [0.1, 0.15) is 44.5 Å². The first-order chi connectivity index (χ1) is 32.0. The zero-order valence-electron chi connectivity index (χ0n) is 35.2. The van der Waals surface area contributed by atoms with Gasteiger partial charge in [-0.3, -0.25) is 0 Å². The van der Waals surface area contributed by atoms with Gasteiger partial charge in [0, 0.05) is 0 Å². The molecule has 2 spiro atoms. The second-order valence-corrected chi connectivity index (χ2v) is 19.8. The van der Waals surface area contributed by atoms with E-state index >= 15 is 0 Å². The maximum absolute atomic E-state index is 14.3. The Morgan fingerprint density at radius 3 is 0.738 bits per heavy atom. The van der Waals surface area contributed by atoms with Crippen molar-refractivity contribution in [2.75, 3.05) is 0 Å². The maximum atomic E-state index is 14.3. The summed E-state index contributed by atoms with van der Waals surface area (Å²) >= 11 is 0. The van der Waals surface area contributed by atoms with E-state index in [0.29, 0.717) is 0 Å². The Morgan fingerprint density at radius 1 is 0.231 bits per heavy atom. The van der Waals surface area contributed by atoms with E-state index in [4.69, 9.17) is 0 Å². The fourth-order valence-corrected chi connectivity index (χ4v) is 13.6. The van der Waals surface area contributed by atoms with Crippen molar-refractivity contribution in [3.8, 4) is 66.8 Å². The molecule has 0 radical (unpaired) electrons. The van der Waals surface area contributed by atoms with Crippen molar-refractivity contribution in [1.29, 1.82) is 0 Å². The van der Waals surface area contributed by atoms with Gasteiger partial charge in [-0.15, -0.1) is 0 Å². The van der Waals surface area contributed by atoms with Gasteiger partial charge in [0.25, 0.3) is 0 Å². The molecule has 10 aromatic carbocycles. The van der Waals surface area contributed by atoms with E-state index in [1.807, 2.05) is 24.3 Å². The van der Waals surface area contributed by atoms with Gasteiger partial charge in [-0.05, 0) is 148 Å². The Bertz CT molecular complexity index is 3410. The van der Waals surface area contributed by atoms with Crippen molar-refractivity contribution in [2.24, 2.45) is 0 Å². The smallest absolute Gasteiger partial charge is 0.206 e. The molecule has 2 nitrogen and oxygen atoms in total. The predicted octanol–water partition coefficient (Wildman–Crippen LogP) is 14.5. The third-order valence-corrected chi connectivity index (χ3v) is 16.8. The Hall–Kier alpha value is -7.85. The van der Waals surface area contributed by atoms with E-state index in [-0.39, 0.29) is 9.79 Å². The van der Waals surface area contributed by atoms with Crippen molar-refractivity contribution >= 4 is 9.84 Å².